The number of hydrogen-bond acceptors (Lipinski definition) is 2. The molecule has 1 N–H and O–H groups in total. The van der Waals surface area contributed by atoms with Crippen LogP contribution in [0.3, 0.4) is 0 Å². The summed E-state index contributed by atoms with van der Waals surface area (Å²) in [7, 11) is 0. The molecule has 0 aromatic heterocycles. The van der Waals surface area contributed by atoms with E-state index in [0.717, 1.165) is 32.1 Å². The lowest BCUT2D eigenvalue weighted by atomic mass is 9.76. The first-order chi connectivity index (χ1) is 9.19. The number of piperazine rings is 1. The van der Waals surface area contributed by atoms with E-state index in [1.165, 1.54) is 0 Å². The zero-order valence-corrected chi connectivity index (χ0v) is 13.5. The molecule has 0 radical (unpaired) electrons. The molecule has 1 aliphatic carbocycles. The lowest BCUT2D eigenvalue weighted by Crippen LogP contribution is -2.72. The highest BCUT2D eigenvalue weighted by Crippen LogP contribution is 2.36. The van der Waals surface area contributed by atoms with Gasteiger partial charge >= 0.3 is 0 Å². The van der Waals surface area contributed by atoms with E-state index in [4.69, 9.17) is 0 Å². The topological polar surface area (TPSA) is 49.4 Å². The SMILES string of the molecule is CC1C(=O)NC2(CCCCC2)C(=O)N1C(C)C(C)(C)C. The van der Waals surface area contributed by atoms with Crippen molar-refractivity contribution in [2.24, 2.45) is 5.41 Å². The molecule has 1 aliphatic heterocycles. The van der Waals surface area contributed by atoms with Gasteiger partial charge in [-0.3, -0.25) is 9.59 Å². The number of rotatable bonds is 1. The minimum Gasteiger partial charge on any atom is -0.340 e. The van der Waals surface area contributed by atoms with Gasteiger partial charge in [0.05, 0.1) is 0 Å². The second-order valence-electron chi connectivity index (χ2n) is 7.56. The van der Waals surface area contributed by atoms with Gasteiger partial charge in [0.1, 0.15) is 11.6 Å². The van der Waals surface area contributed by atoms with Crippen molar-refractivity contribution in [1.82, 2.24) is 10.2 Å². The van der Waals surface area contributed by atoms with E-state index >= 15 is 0 Å². The van der Waals surface area contributed by atoms with Crippen LogP contribution in [0.4, 0.5) is 0 Å². The van der Waals surface area contributed by atoms with Gasteiger partial charge in [-0.1, -0.05) is 40.0 Å². The standard InChI is InChI=1S/C16H28N2O2/c1-11-13(19)17-16(9-7-6-8-10-16)14(20)18(11)12(2)15(3,4)5/h11-12H,6-10H2,1-5H3,(H,17,19). The molecule has 114 valence electrons. The van der Waals surface area contributed by atoms with Gasteiger partial charge in [-0.05, 0) is 32.1 Å². The van der Waals surface area contributed by atoms with E-state index in [0.29, 0.717) is 0 Å². The first kappa shape index (κ1) is 15.3. The summed E-state index contributed by atoms with van der Waals surface area (Å²) >= 11 is 0. The van der Waals surface area contributed by atoms with Gasteiger partial charge in [-0.25, -0.2) is 0 Å². The fourth-order valence-electron chi connectivity index (χ4n) is 3.37. The fraction of sp³-hybridized carbons (Fsp3) is 0.875. The minimum atomic E-state index is -0.624. The number of hydrogen-bond donors (Lipinski definition) is 1. The number of nitrogens with zero attached hydrogens (tertiary/aromatic N) is 1. The zero-order chi connectivity index (χ0) is 15.1. The van der Waals surface area contributed by atoms with Crippen LogP contribution in [0.25, 0.3) is 0 Å². The third-order valence-corrected chi connectivity index (χ3v) is 5.18. The van der Waals surface area contributed by atoms with Crippen molar-refractivity contribution in [3.8, 4) is 0 Å². The molecule has 1 saturated carbocycles. The van der Waals surface area contributed by atoms with Crippen LogP contribution in [-0.4, -0.2) is 34.3 Å². The second-order valence-corrected chi connectivity index (χ2v) is 7.56. The van der Waals surface area contributed by atoms with Gasteiger partial charge in [-0.2, -0.15) is 0 Å². The van der Waals surface area contributed by atoms with Crippen molar-refractivity contribution in [3.63, 3.8) is 0 Å². The van der Waals surface area contributed by atoms with Crippen molar-refractivity contribution in [3.05, 3.63) is 0 Å². The molecule has 20 heavy (non-hydrogen) atoms. The van der Waals surface area contributed by atoms with Gasteiger partial charge in [-0.15, -0.1) is 0 Å². The van der Waals surface area contributed by atoms with Gasteiger partial charge in [0.25, 0.3) is 0 Å². The van der Waals surface area contributed by atoms with Crippen LogP contribution in [0, 0.1) is 5.41 Å². The van der Waals surface area contributed by atoms with Crippen LogP contribution in [0.5, 0.6) is 0 Å². The van der Waals surface area contributed by atoms with Crippen LogP contribution < -0.4 is 5.32 Å². The van der Waals surface area contributed by atoms with E-state index in [9.17, 15) is 9.59 Å². The van der Waals surface area contributed by atoms with Crippen molar-refractivity contribution in [2.75, 3.05) is 0 Å². The van der Waals surface area contributed by atoms with E-state index in [1.54, 1.807) is 0 Å². The van der Waals surface area contributed by atoms with Crippen LogP contribution in [0.1, 0.15) is 66.7 Å². The molecule has 0 bridgehead atoms. The average Bonchev–Trinajstić information content (AvgIpc) is 2.37. The van der Waals surface area contributed by atoms with Crippen LogP contribution in [-0.2, 0) is 9.59 Å². The molecule has 1 saturated heterocycles. The van der Waals surface area contributed by atoms with Crippen molar-refractivity contribution in [2.45, 2.75) is 84.3 Å². The van der Waals surface area contributed by atoms with Crippen LogP contribution in [0.2, 0.25) is 0 Å². The third kappa shape index (κ3) is 2.45. The number of carbonyl (C=O) groups excluding carboxylic acids is 2. The summed E-state index contributed by atoms with van der Waals surface area (Å²) in [5.41, 5.74) is -0.654. The highest BCUT2D eigenvalue weighted by atomic mass is 16.2. The highest BCUT2D eigenvalue weighted by Gasteiger charge is 2.52. The Morgan fingerprint density at radius 1 is 1.20 bits per heavy atom. The molecule has 4 nitrogen and oxygen atoms in total. The maximum absolute atomic E-state index is 13.1. The summed E-state index contributed by atoms with van der Waals surface area (Å²) < 4.78 is 0. The predicted molar refractivity (Wildman–Crippen MR) is 79.2 cm³/mol. The molecule has 2 rings (SSSR count). The van der Waals surface area contributed by atoms with E-state index in [2.05, 4.69) is 33.0 Å². The Morgan fingerprint density at radius 2 is 1.75 bits per heavy atom. The van der Waals surface area contributed by atoms with Crippen molar-refractivity contribution < 1.29 is 9.59 Å². The molecule has 1 heterocycles. The molecule has 4 heteroatoms. The number of amides is 2. The van der Waals surface area contributed by atoms with Crippen molar-refractivity contribution in [1.29, 1.82) is 0 Å². The Balaban J connectivity index is 2.34. The summed E-state index contributed by atoms with van der Waals surface area (Å²) in [5.74, 6) is 0.134. The summed E-state index contributed by atoms with van der Waals surface area (Å²) in [6, 6.07) is -0.320. The fourth-order valence-corrected chi connectivity index (χ4v) is 3.37. The monoisotopic (exact) mass is 280 g/mol. The second kappa shape index (κ2) is 5.05. The van der Waals surface area contributed by atoms with E-state index < -0.39 is 5.54 Å². The average molecular weight is 280 g/mol. The molecule has 1 spiro atoms. The Hall–Kier alpha value is -1.06. The highest BCUT2D eigenvalue weighted by molar-refractivity contribution is 5.99. The lowest BCUT2D eigenvalue weighted by molar-refractivity contribution is -0.161. The molecule has 2 atom stereocenters. The summed E-state index contributed by atoms with van der Waals surface area (Å²) in [6.45, 7) is 10.3. The molecule has 2 fully saturated rings. The van der Waals surface area contributed by atoms with Crippen LogP contribution >= 0.6 is 0 Å². The normalized spacial score (nSPS) is 28.4. The Kier molecular flexibility index (Phi) is 3.87. The summed E-state index contributed by atoms with van der Waals surface area (Å²) in [6.07, 6.45) is 4.79. The molecular weight excluding hydrogens is 252 g/mol. The van der Waals surface area contributed by atoms with Gasteiger partial charge in [0.2, 0.25) is 11.8 Å². The maximum Gasteiger partial charge on any atom is 0.249 e. The van der Waals surface area contributed by atoms with Crippen molar-refractivity contribution >= 4 is 11.8 Å². The molecule has 2 aliphatic rings. The zero-order valence-electron chi connectivity index (χ0n) is 13.5. The maximum atomic E-state index is 13.1. The van der Waals surface area contributed by atoms with Gasteiger partial charge in [0, 0.05) is 6.04 Å². The minimum absolute atomic E-state index is 0.00241. The quantitative estimate of drug-likeness (QED) is 0.802. The number of nitrogens with one attached hydrogen (secondary N) is 1. The molecule has 2 amide bonds. The first-order valence-electron chi connectivity index (χ1n) is 7.84. The summed E-state index contributed by atoms with van der Waals surface area (Å²) in [5, 5.41) is 3.04. The molecule has 2 unspecified atom stereocenters. The predicted octanol–water partition coefficient (Wildman–Crippen LogP) is 2.47. The van der Waals surface area contributed by atoms with Crippen LogP contribution in [0.15, 0.2) is 0 Å². The Morgan fingerprint density at radius 3 is 2.25 bits per heavy atom. The largest absolute Gasteiger partial charge is 0.340 e. The first-order valence-corrected chi connectivity index (χ1v) is 7.84. The number of carbonyl (C=O) groups is 2. The Labute approximate surface area is 122 Å². The van der Waals surface area contributed by atoms with Gasteiger partial charge < -0.3 is 10.2 Å². The lowest BCUT2D eigenvalue weighted by Gasteiger charge is -2.51. The summed E-state index contributed by atoms with van der Waals surface area (Å²) in [4.78, 5) is 27.2. The van der Waals surface area contributed by atoms with E-state index in [-0.39, 0.29) is 29.3 Å². The molecular formula is C16H28N2O2. The van der Waals surface area contributed by atoms with E-state index in [1.807, 2.05) is 11.8 Å². The third-order valence-electron chi connectivity index (χ3n) is 5.18. The molecule has 0 aromatic rings. The smallest absolute Gasteiger partial charge is 0.249 e. The Bertz CT molecular complexity index is 405. The molecule has 0 aromatic carbocycles. The van der Waals surface area contributed by atoms with Gasteiger partial charge in [0.15, 0.2) is 0 Å².